The van der Waals surface area contributed by atoms with Gasteiger partial charge in [-0.25, -0.2) is 4.39 Å². The number of nitriles is 1. The Balaban J connectivity index is 1.46. The average molecular weight is 366 g/mol. The molecule has 27 heavy (non-hydrogen) atoms. The zero-order chi connectivity index (χ0) is 19.2. The van der Waals surface area contributed by atoms with Gasteiger partial charge in [0.2, 0.25) is 0 Å². The van der Waals surface area contributed by atoms with Crippen LogP contribution < -0.4 is 10.2 Å². The molecule has 2 aromatic carbocycles. The molecule has 1 aliphatic heterocycles. The van der Waals surface area contributed by atoms with Gasteiger partial charge < -0.3 is 10.2 Å². The topological polar surface area (TPSA) is 42.3 Å². The number of benzene rings is 2. The van der Waals surface area contributed by atoms with Crippen LogP contribution in [-0.2, 0) is 0 Å². The highest BCUT2D eigenvalue weighted by Crippen LogP contribution is 2.20. The second-order valence-corrected chi connectivity index (χ2v) is 7.28. The molecule has 0 aromatic heterocycles. The van der Waals surface area contributed by atoms with Crippen molar-refractivity contribution in [1.82, 2.24) is 4.90 Å². The van der Waals surface area contributed by atoms with Crippen molar-refractivity contribution in [2.45, 2.75) is 26.3 Å². The van der Waals surface area contributed by atoms with Gasteiger partial charge in [0.05, 0.1) is 5.69 Å². The van der Waals surface area contributed by atoms with Crippen LogP contribution in [0.4, 0.5) is 15.8 Å². The van der Waals surface area contributed by atoms with Crippen LogP contribution in [0.2, 0.25) is 0 Å². The molecule has 5 heteroatoms. The zero-order valence-corrected chi connectivity index (χ0v) is 16.1. The third-order valence-corrected chi connectivity index (χ3v) is 5.14. The fraction of sp³-hybridized carbons (Fsp3) is 0.409. The van der Waals surface area contributed by atoms with Gasteiger partial charge in [0.25, 0.3) is 0 Å². The van der Waals surface area contributed by atoms with Gasteiger partial charge in [0, 0.05) is 44.5 Å². The lowest BCUT2D eigenvalue weighted by atomic mass is 10.1. The maximum absolute atomic E-state index is 13.7. The van der Waals surface area contributed by atoms with Crippen LogP contribution in [0, 0.1) is 24.1 Å². The summed E-state index contributed by atoms with van der Waals surface area (Å²) in [6, 6.07) is 15.5. The lowest BCUT2D eigenvalue weighted by Crippen LogP contribution is -2.47. The van der Waals surface area contributed by atoms with Gasteiger partial charge in [-0.1, -0.05) is 18.2 Å². The Kier molecular flexibility index (Phi) is 6.31. The van der Waals surface area contributed by atoms with Gasteiger partial charge >= 0.3 is 0 Å². The first kappa shape index (κ1) is 19.2. The van der Waals surface area contributed by atoms with Crippen LogP contribution in [0.3, 0.4) is 0 Å². The van der Waals surface area contributed by atoms with E-state index in [1.165, 1.54) is 17.3 Å². The van der Waals surface area contributed by atoms with E-state index >= 15 is 0 Å². The first-order valence-electron chi connectivity index (χ1n) is 9.56. The molecule has 0 bridgehead atoms. The van der Waals surface area contributed by atoms with Crippen molar-refractivity contribution in [3.8, 4) is 6.07 Å². The van der Waals surface area contributed by atoms with Crippen molar-refractivity contribution in [2.24, 2.45) is 0 Å². The minimum absolute atomic E-state index is 0.0936. The van der Waals surface area contributed by atoms with Gasteiger partial charge in [0.15, 0.2) is 0 Å². The molecule has 142 valence electrons. The zero-order valence-electron chi connectivity index (χ0n) is 16.1. The lowest BCUT2D eigenvalue weighted by molar-refractivity contribution is 0.251. The summed E-state index contributed by atoms with van der Waals surface area (Å²) in [6.45, 7) is 9.36. The van der Waals surface area contributed by atoms with Gasteiger partial charge in [0.1, 0.15) is 17.4 Å². The fourth-order valence-corrected chi connectivity index (χ4v) is 3.53. The van der Waals surface area contributed by atoms with E-state index in [0.29, 0.717) is 5.69 Å². The van der Waals surface area contributed by atoms with Crippen molar-refractivity contribution in [2.75, 3.05) is 42.9 Å². The number of anilines is 2. The summed E-state index contributed by atoms with van der Waals surface area (Å²) in [5, 5.41) is 12.4. The highest BCUT2D eigenvalue weighted by Gasteiger charge is 2.18. The molecule has 2 aromatic rings. The van der Waals surface area contributed by atoms with Crippen LogP contribution in [0.1, 0.15) is 24.5 Å². The van der Waals surface area contributed by atoms with E-state index in [-0.39, 0.29) is 11.6 Å². The Morgan fingerprint density at radius 3 is 2.59 bits per heavy atom. The third kappa shape index (κ3) is 4.99. The van der Waals surface area contributed by atoms with Crippen molar-refractivity contribution in [1.29, 1.82) is 5.26 Å². The molecule has 1 saturated heterocycles. The number of nitrogens with zero attached hydrogens (tertiary/aromatic N) is 3. The van der Waals surface area contributed by atoms with Crippen LogP contribution in [0.5, 0.6) is 0 Å². The summed E-state index contributed by atoms with van der Waals surface area (Å²) in [5.41, 5.74) is 3.27. The molecule has 1 unspecified atom stereocenters. The minimum Gasteiger partial charge on any atom is -0.381 e. The second-order valence-electron chi connectivity index (χ2n) is 7.28. The van der Waals surface area contributed by atoms with E-state index in [0.717, 1.165) is 39.1 Å². The molecule has 1 N–H and O–H groups in total. The quantitative estimate of drug-likeness (QED) is 0.839. The van der Waals surface area contributed by atoms with Crippen LogP contribution in [0.25, 0.3) is 0 Å². The predicted octanol–water partition coefficient (Wildman–Crippen LogP) is 4.02. The Morgan fingerprint density at radius 2 is 1.89 bits per heavy atom. The largest absolute Gasteiger partial charge is 0.381 e. The first-order chi connectivity index (χ1) is 13.1. The lowest BCUT2D eigenvalue weighted by Gasteiger charge is -2.36. The summed E-state index contributed by atoms with van der Waals surface area (Å²) in [5.74, 6) is -0.470. The highest BCUT2D eigenvalue weighted by atomic mass is 19.1. The predicted molar refractivity (Wildman–Crippen MR) is 109 cm³/mol. The van der Waals surface area contributed by atoms with Crippen molar-refractivity contribution >= 4 is 11.4 Å². The molecule has 1 fully saturated rings. The molecule has 4 nitrogen and oxygen atoms in total. The van der Waals surface area contributed by atoms with Crippen LogP contribution in [0.15, 0.2) is 42.5 Å². The SMILES string of the molecule is Cc1cccc(N2CCN(CCC(C)Nc3cccc(F)c3C#N)CC2)c1. The third-order valence-electron chi connectivity index (χ3n) is 5.14. The van der Waals surface area contributed by atoms with E-state index in [2.05, 4.69) is 53.2 Å². The van der Waals surface area contributed by atoms with Crippen LogP contribution >= 0.6 is 0 Å². The van der Waals surface area contributed by atoms with E-state index in [9.17, 15) is 4.39 Å². The van der Waals surface area contributed by atoms with Gasteiger partial charge in [-0.3, -0.25) is 4.90 Å². The van der Waals surface area contributed by atoms with Gasteiger partial charge in [-0.2, -0.15) is 5.26 Å². The monoisotopic (exact) mass is 366 g/mol. The standard InChI is InChI=1S/C22H27FN4/c1-17-5-3-6-19(15-17)27-13-11-26(12-14-27)10-9-18(2)25-22-8-4-7-21(23)20(22)16-24/h3-8,15,18,25H,9-14H2,1-2H3. The van der Waals surface area contributed by atoms with Crippen molar-refractivity contribution in [3.05, 3.63) is 59.4 Å². The summed E-state index contributed by atoms with van der Waals surface area (Å²) in [4.78, 5) is 4.92. The molecule has 3 rings (SSSR count). The second kappa shape index (κ2) is 8.88. The number of aryl methyl sites for hydroxylation is 1. The molecule has 1 heterocycles. The summed E-state index contributed by atoms with van der Waals surface area (Å²) >= 11 is 0. The number of nitrogens with one attached hydrogen (secondary N) is 1. The average Bonchev–Trinajstić information content (AvgIpc) is 2.67. The Bertz CT molecular complexity index is 806. The molecule has 0 aliphatic carbocycles. The van der Waals surface area contributed by atoms with Crippen molar-refractivity contribution < 1.29 is 4.39 Å². The van der Waals surface area contributed by atoms with E-state index in [1.807, 2.05) is 6.07 Å². The normalized spacial score (nSPS) is 16.0. The molecular formula is C22H27FN4. The number of rotatable bonds is 6. The summed E-state index contributed by atoms with van der Waals surface area (Å²) in [6.07, 6.45) is 0.950. The van der Waals surface area contributed by atoms with E-state index in [1.54, 1.807) is 12.1 Å². The number of piperazine rings is 1. The Hall–Kier alpha value is -2.58. The van der Waals surface area contributed by atoms with Crippen LogP contribution in [-0.4, -0.2) is 43.7 Å². The van der Waals surface area contributed by atoms with Gasteiger partial charge in [-0.15, -0.1) is 0 Å². The molecule has 0 radical (unpaired) electrons. The maximum Gasteiger partial charge on any atom is 0.143 e. The first-order valence-corrected chi connectivity index (χ1v) is 9.56. The van der Waals surface area contributed by atoms with Crippen molar-refractivity contribution in [3.63, 3.8) is 0 Å². The molecular weight excluding hydrogens is 339 g/mol. The number of halogens is 1. The number of hydrogen-bond donors (Lipinski definition) is 1. The van der Waals surface area contributed by atoms with Gasteiger partial charge in [-0.05, 0) is 50.1 Å². The molecule has 0 spiro atoms. The smallest absolute Gasteiger partial charge is 0.143 e. The molecule has 1 atom stereocenters. The summed E-state index contributed by atoms with van der Waals surface area (Å²) < 4.78 is 13.7. The fourth-order valence-electron chi connectivity index (χ4n) is 3.53. The highest BCUT2D eigenvalue weighted by molar-refractivity contribution is 5.58. The van der Waals surface area contributed by atoms with E-state index in [4.69, 9.17) is 5.26 Å². The molecule has 0 saturated carbocycles. The summed E-state index contributed by atoms with van der Waals surface area (Å²) in [7, 11) is 0. The number of hydrogen-bond acceptors (Lipinski definition) is 4. The maximum atomic E-state index is 13.7. The molecule has 0 amide bonds. The molecule has 1 aliphatic rings. The van der Waals surface area contributed by atoms with E-state index < -0.39 is 5.82 Å². The Morgan fingerprint density at radius 1 is 1.15 bits per heavy atom. The Labute approximate surface area is 161 Å². The minimum atomic E-state index is -0.470.